The summed E-state index contributed by atoms with van der Waals surface area (Å²) in [6, 6.07) is 7.88. The first kappa shape index (κ1) is 13.7. The summed E-state index contributed by atoms with van der Waals surface area (Å²) >= 11 is 0. The molecule has 17 heavy (non-hydrogen) atoms. The van der Waals surface area contributed by atoms with E-state index in [0.717, 1.165) is 30.6 Å². The Balaban J connectivity index is 2.25. The van der Waals surface area contributed by atoms with Gasteiger partial charge in [-0.25, -0.2) is 0 Å². The highest BCUT2D eigenvalue weighted by molar-refractivity contribution is 5.90. The summed E-state index contributed by atoms with van der Waals surface area (Å²) in [5, 5.41) is 2.92. The molecule has 0 spiro atoms. The van der Waals surface area contributed by atoms with E-state index < -0.39 is 0 Å². The molecule has 3 heteroatoms. The number of nitrogens with one attached hydrogen (secondary N) is 1. The number of aryl methyl sites for hydroxylation is 1. The second-order valence-corrected chi connectivity index (χ2v) is 4.68. The average Bonchev–Trinajstić information content (AvgIpc) is 2.24. The molecular weight excluding hydrogens is 212 g/mol. The maximum Gasteiger partial charge on any atom is 0.224 e. The molecule has 1 aromatic rings. The Morgan fingerprint density at radius 2 is 2.06 bits per heavy atom. The Morgan fingerprint density at radius 3 is 2.71 bits per heavy atom. The van der Waals surface area contributed by atoms with Crippen LogP contribution < -0.4 is 5.32 Å². The van der Waals surface area contributed by atoms with E-state index in [4.69, 9.17) is 0 Å². The number of anilines is 1. The van der Waals surface area contributed by atoms with Crippen LogP contribution in [0.25, 0.3) is 0 Å². The number of hydrogen-bond donors (Lipinski definition) is 1. The minimum Gasteiger partial charge on any atom is -0.326 e. The van der Waals surface area contributed by atoms with Crippen molar-refractivity contribution in [3.63, 3.8) is 0 Å². The number of unbranched alkanes of at least 4 members (excludes halogenated alkanes) is 1. The number of carbonyl (C=O) groups is 1. The van der Waals surface area contributed by atoms with Gasteiger partial charge in [0.15, 0.2) is 0 Å². The van der Waals surface area contributed by atoms with Crippen molar-refractivity contribution in [1.29, 1.82) is 0 Å². The lowest BCUT2D eigenvalue weighted by atomic mass is 10.2. The fraction of sp³-hybridized carbons (Fsp3) is 0.500. The lowest BCUT2D eigenvalue weighted by molar-refractivity contribution is -0.116. The Kier molecular flexibility index (Phi) is 5.70. The highest BCUT2D eigenvalue weighted by Crippen LogP contribution is 2.10. The van der Waals surface area contributed by atoms with Crippen molar-refractivity contribution in [2.75, 3.05) is 26.0 Å². The number of nitrogens with zero attached hydrogens (tertiary/aromatic N) is 1. The monoisotopic (exact) mass is 234 g/mol. The van der Waals surface area contributed by atoms with Crippen molar-refractivity contribution >= 4 is 11.6 Å². The summed E-state index contributed by atoms with van der Waals surface area (Å²) in [4.78, 5) is 13.8. The smallest absolute Gasteiger partial charge is 0.224 e. The lowest BCUT2D eigenvalue weighted by Gasteiger charge is -2.09. The fourth-order valence-corrected chi connectivity index (χ4v) is 1.66. The molecule has 0 heterocycles. The minimum absolute atomic E-state index is 0.106. The quantitative estimate of drug-likeness (QED) is 0.767. The van der Waals surface area contributed by atoms with Gasteiger partial charge in [0.25, 0.3) is 0 Å². The lowest BCUT2D eigenvalue weighted by Crippen LogP contribution is -2.15. The van der Waals surface area contributed by atoms with Gasteiger partial charge in [-0.15, -0.1) is 0 Å². The summed E-state index contributed by atoms with van der Waals surface area (Å²) in [5.41, 5.74) is 2.05. The van der Waals surface area contributed by atoms with Gasteiger partial charge in [0.2, 0.25) is 5.91 Å². The van der Waals surface area contributed by atoms with Crippen LogP contribution in [0, 0.1) is 6.92 Å². The van der Waals surface area contributed by atoms with Crippen molar-refractivity contribution in [1.82, 2.24) is 4.90 Å². The SMILES string of the molecule is Cc1cccc(NC(=O)CCCCN(C)C)c1. The summed E-state index contributed by atoms with van der Waals surface area (Å²) in [5.74, 6) is 0.106. The van der Waals surface area contributed by atoms with Crippen LogP contribution in [0.15, 0.2) is 24.3 Å². The largest absolute Gasteiger partial charge is 0.326 e. The standard InChI is InChI=1S/C14H22N2O/c1-12-7-6-8-13(11-12)15-14(17)9-4-5-10-16(2)3/h6-8,11H,4-5,9-10H2,1-3H3,(H,15,17). The van der Waals surface area contributed by atoms with Crippen LogP contribution in [-0.2, 0) is 4.79 Å². The van der Waals surface area contributed by atoms with Gasteiger partial charge in [0.1, 0.15) is 0 Å². The van der Waals surface area contributed by atoms with Gasteiger partial charge in [-0.2, -0.15) is 0 Å². The zero-order valence-corrected chi connectivity index (χ0v) is 11.0. The molecule has 0 aliphatic carbocycles. The maximum atomic E-state index is 11.6. The van der Waals surface area contributed by atoms with E-state index in [0.29, 0.717) is 6.42 Å². The summed E-state index contributed by atoms with van der Waals surface area (Å²) in [6.45, 7) is 3.06. The first-order chi connectivity index (χ1) is 8.08. The first-order valence-corrected chi connectivity index (χ1v) is 6.09. The third-order valence-corrected chi connectivity index (χ3v) is 2.56. The molecule has 0 unspecified atom stereocenters. The third kappa shape index (κ3) is 6.07. The van der Waals surface area contributed by atoms with Crippen LogP contribution in [0.1, 0.15) is 24.8 Å². The molecule has 0 aliphatic rings. The van der Waals surface area contributed by atoms with Crippen molar-refractivity contribution in [3.8, 4) is 0 Å². The highest BCUT2D eigenvalue weighted by atomic mass is 16.1. The molecular formula is C14H22N2O. The molecule has 1 aromatic carbocycles. The molecule has 0 aliphatic heterocycles. The zero-order valence-electron chi connectivity index (χ0n) is 11.0. The Bertz CT molecular complexity index is 361. The topological polar surface area (TPSA) is 32.3 Å². The van der Waals surface area contributed by atoms with Crippen molar-refractivity contribution in [2.24, 2.45) is 0 Å². The number of carbonyl (C=O) groups excluding carboxylic acids is 1. The van der Waals surface area contributed by atoms with E-state index in [1.807, 2.05) is 45.3 Å². The fourth-order valence-electron chi connectivity index (χ4n) is 1.66. The Hall–Kier alpha value is -1.35. The molecule has 0 aromatic heterocycles. The number of benzene rings is 1. The van der Waals surface area contributed by atoms with Gasteiger partial charge in [-0.05, 0) is 58.1 Å². The van der Waals surface area contributed by atoms with E-state index in [9.17, 15) is 4.79 Å². The van der Waals surface area contributed by atoms with Crippen LogP contribution >= 0.6 is 0 Å². The molecule has 1 amide bonds. The van der Waals surface area contributed by atoms with Crippen molar-refractivity contribution < 1.29 is 4.79 Å². The number of hydrogen-bond acceptors (Lipinski definition) is 2. The van der Waals surface area contributed by atoms with Gasteiger partial charge in [0, 0.05) is 12.1 Å². The van der Waals surface area contributed by atoms with Gasteiger partial charge >= 0.3 is 0 Å². The zero-order chi connectivity index (χ0) is 12.7. The van der Waals surface area contributed by atoms with Crippen molar-refractivity contribution in [2.45, 2.75) is 26.2 Å². The van der Waals surface area contributed by atoms with E-state index in [1.165, 1.54) is 0 Å². The number of rotatable bonds is 6. The predicted octanol–water partition coefficient (Wildman–Crippen LogP) is 2.67. The van der Waals surface area contributed by atoms with Gasteiger partial charge in [-0.3, -0.25) is 4.79 Å². The van der Waals surface area contributed by atoms with Crippen LogP contribution in [0.3, 0.4) is 0 Å². The van der Waals surface area contributed by atoms with E-state index >= 15 is 0 Å². The van der Waals surface area contributed by atoms with E-state index in [2.05, 4.69) is 10.2 Å². The van der Waals surface area contributed by atoms with Crippen molar-refractivity contribution in [3.05, 3.63) is 29.8 Å². The van der Waals surface area contributed by atoms with Crippen LogP contribution in [0.4, 0.5) is 5.69 Å². The van der Waals surface area contributed by atoms with Gasteiger partial charge in [-0.1, -0.05) is 12.1 Å². The third-order valence-electron chi connectivity index (χ3n) is 2.56. The second-order valence-electron chi connectivity index (χ2n) is 4.68. The second kappa shape index (κ2) is 7.07. The minimum atomic E-state index is 0.106. The summed E-state index contributed by atoms with van der Waals surface area (Å²) < 4.78 is 0. The normalized spacial score (nSPS) is 10.6. The van der Waals surface area contributed by atoms with Crippen LogP contribution in [-0.4, -0.2) is 31.4 Å². The molecule has 0 radical (unpaired) electrons. The molecule has 1 N–H and O–H groups in total. The predicted molar refractivity (Wildman–Crippen MR) is 72.2 cm³/mol. The number of amides is 1. The molecule has 0 saturated carbocycles. The van der Waals surface area contributed by atoms with Crippen LogP contribution in [0.2, 0.25) is 0 Å². The molecule has 0 fully saturated rings. The van der Waals surface area contributed by atoms with Crippen LogP contribution in [0.5, 0.6) is 0 Å². The first-order valence-electron chi connectivity index (χ1n) is 6.09. The van der Waals surface area contributed by atoms with Gasteiger partial charge in [0.05, 0.1) is 0 Å². The maximum absolute atomic E-state index is 11.6. The average molecular weight is 234 g/mol. The molecule has 94 valence electrons. The summed E-state index contributed by atoms with van der Waals surface area (Å²) in [7, 11) is 4.10. The Labute approximate surface area is 104 Å². The molecule has 0 saturated heterocycles. The molecule has 0 bridgehead atoms. The Morgan fingerprint density at radius 1 is 1.29 bits per heavy atom. The highest BCUT2D eigenvalue weighted by Gasteiger charge is 2.02. The van der Waals surface area contributed by atoms with E-state index in [-0.39, 0.29) is 5.91 Å². The molecule has 1 rings (SSSR count). The summed E-state index contributed by atoms with van der Waals surface area (Å²) in [6.07, 6.45) is 2.60. The van der Waals surface area contributed by atoms with Gasteiger partial charge < -0.3 is 10.2 Å². The van der Waals surface area contributed by atoms with E-state index in [1.54, 1.807) is 0 Å². The molecule has 0 atom stereocenters. The molecule has 3 nitrogen and oxygen atoms in total.